The van der Waals surface area contributed by atoms with Gasteiger partial charge in [0, 0.05) is 6.20 Å². The first-order valence-corrected chi connectivity index (χ1v) is 9.85. The highest BCUT2D eigenvalue weighted by atomic mass is 16.6. The number of carbonyl (C=O) groups excluding carboxylic acids is 1. The van der Waals surface area contributed by atoms with Gasteiger partial charge < -0.3 is 34.6 Å². The number of amides is 1. The maximum atomic E-state index is 12.4. The summed E-state index contributed by atoms with van der Waals surface area (Å²) in [5, 5.41) is 45.4. The van der Waals surface area contributed by atoms with Gasteiger partial charge >= 0.3 is 18.7 Å². The summed E-state index contributed by atoms with van der Waals surface area (Å²) in [6.07, 6.45) is 1.09. The highest BCUT2D eigenvalue weighted by Crippen LogP contribution is 2.38. The molecule has 13 nitrogen and oxygen atoms in total. The van der Waals surface area contributed by atoms with Crippen LogP contribution in [0.5, 0.6) is 11.5 Å². The van der Waals surface area contributed by atoms with Crippen LogP contribution in [0.25, 0.3) is 0 Å². The Hall–Kier alpha value is -3.65. The van der Waals surface area contributed by atoms with Crippen molar-refractivity contribution in [1.82, 2.24) is 19.9 Å². The minimum Gasteiger partial charge on any atom is -0.669 e. The van der Waals surface area contributed by atoms with E-state index in [0.717, 1.165) is 4.68 Å². The molecule has 4 rings (SSSR count). The topological polar surface area (TPSA) is 185 Å². The van der Waals surface area contributed by atoms with E-state index in [4.69, 9.17) is 14.5 Å². The third-order valence-corrected chi connectivity index (χ3v) is 5.22. The number of ether oxygens (including phenoxy) is 1. The molecule has 0 unspecified atom stereocenters. The minimum atomic E-state index is -3.13. The second kappa shape index (κ2) is 8.13. The second-order valence-corrected chi connectivity index (χ2v) is 7.76. The molecule has 2 aliphatic rings. The summed E-state index contributed by atoms with van der Waals surface area (Å²) in [4.78, 5) is 36.3. The van der Waals surface area contributed by atoms with Gasteiger partial charge in [-0.2, -0.15) is 0 Å². The predicted molar refractivity (Wildman–Crippen MR) is 105 cm³/mol. The van der Waals surface area contributed by atoms with Gasteiger partial charge in [0.1, 0.15) is 24.0 Å². The lowest BCUT2D eigenvalue weighted by molar-refractivity contribution is -0.139. The molecule has 14 heteroatoms. The number of aliphatic carboxylic acids is 1. The fourth-order valence-electron chi connectivity index (χ4n) is 3.63. The molecule has 1 saturated heterocycles. The summed E-state index contributed by atoms with van der Waals surface area (Å²) in [6, 6.07) is 3.11. The summed E-state index contributed by atoms with van der Waals surface area (Å²) < 4.78 is 12.0. The maximum Gasteiger partial charge on any atom is 0.430 e. The molecule has 0 saturated carbocycles. The zero-order valence-corrected chi connectivity index (χ0v) is 16.7. The van der Waals surface area contributed by atoms with E-state index in [1.54, 1.807) is 6.07 Å². The highest BCUT2D eigenvalue weighted by molar-refractivity contribution is 6.59. The van der Waals surface area contributed by atoms with Crippen molar-refractivity contribution >= 4 is 24.6 Å². The number of likely N-dealkylation sites (tertiary alicyclic amines) is 1. The number of aryl methyl sites for hydroxylation is 1. The van der Waals surface area contributed by atoms with Crippen molar-refractivity contribution in [2.45, 2.75) is 31.8 Å². The molecule has 2 aliphatic heterocycles. The van der Waals surface area contributed by atoms with Gasteiger partial charge in [-0.05, 0) is 18.1 Å². The van der Waals surface area contributed by atoms with Crippen molar-refractivity contribution in [3.63, 3.8) is 0 Å². The van der Waals surface area contributed by atoms with Crippen LogP contribution in [0.3, 0.4) is 0 Å². The molecule has 0 radical (unpaired) electrons. The smallest absolute Gasteiger partial charge is 0.430 e. The first-order valence-electron chi connectivity index (χ1n) is 9.85. The zero-order chi connectivity index (χ0) is 23.0. The Labute approximate surface area is 180 Å². The number of aromatic carboxylic acids is 1. The van der Waals surface area contributed by atoms with Gasteiger partial charge in [-0.25, -0.2) is 9.48 Å². The Morgan fingerprint density at radius 3 is 2.66 bits per heavy atom. The van der Waals surface area contributed by atoms with Crippen molar-refractivity contribution < 1.29 is 44.0 Å². The molecule has 1 amide bonds. The largest absolute Gasteiger partial charge is 0.669 e. The second-order valence-electron chi connectivity index (χ2n) is 7.76. The summed E-state index contributed by atoms with van der Waals surface area (Å²) in [6.45, 7) is -3.06. The monoisotopic (exact) mass is 447 g/mol. The predicted octanol–water partition coefficient (Wildman–Crippen LogP) is -1.25. The van der Waals surface area contributed by atoms with Crippen LogP contribution in [0.1, 0.15) is 21.6 Å². The van der Waals surface area contributed by atoms with E-state index in [1.807, 2.05) is 0 Å². The average molecular weight is 447 g/mol. The van der Waals surface area contributed by atoms with Crippen molar-refractivity contribution in [1.29, 1.82) is 0 Å². The summed E-state index contributed by atoms with van der Waals surface area (Å²) >= 11 is 0. The van der Waals surface area contributed by atoms with Gasteiger partial charge in [0.25, 0.3) is 0 Å². The van der Waals surface area contributed by atoms with Crippen molar-refractivity contribution in [3.8, 4) is 11.5 Å². The Morgan fingerprint density at radius 2 is 1.97 bits per heavy atom. The molecule has 0 aliphatic carbocycles. The first kappa shape index (κ1) is 21.6. The van der Waals surface area contributed by atoms with Gasteiger partial charge in [-0.1, -0.05) is 17.6 Å². The number of carboxylic acid groups (broad SMARTS) is 2. The molecule has 170 valence electrons. The molecular weight excluding hydrogens is 427 g/mol. The van der Waals surface area contributed by atoms with E-state index >= 15 is 0 Å². The number of fused-ring (bicyclic) bond motifs is 1. The van der Waals surface area contributed by atoms with E-state index in [-0.39, 0.29) is 61.8 Å². The highest BCUT2D eigenvalue weighted by Gasteiger charge is 2.36. The fourth-order valence-corrected chi connectivity index (χ4v) is 3.63. The van der Waals surface area contributed by atoms with Crippen LogP contribution < -0.4 is 9.39 Å². The van der Waals surface area contributed by atoms with Gasteiger partial charge in [0.15, 0.2) is 0 Å². The van der Waals surface area contributed by atoms with Crippen molar-refractivity contribution in [2.75, 3.05) is 13.1 Å². The van der Waals surface area contributed by atoms with Crippen LogP contribution in [0.2, 0.25) is 6.32 Å². The number of hydrogen-bond donors (Lipinski definition) is 4. The minimum absolute atomic E-state index is 0.0125. The van der Waals surface area contributed by atoms with E-state index < -0.39 is 24.8 Å². The molecule has 0 bridgehead atoms. The number of carboxylic acids is 2. The SMILES string of the molecule is O=C(O)Cn1cc(CC(=O)N2CC(Oc3ccc4c(c3C(=O)O)O[B-](O)(O)CC4)C2)nn1. The van der Waals surface area contributed by atoms with Crippen molar-refractivity contribution in [3.05, 3.63) is 35.2 Å². The molecule has 1 fully saturated rings. The molecule has 32 heavy (non-hydrogen) atoms. The first-order chi connectivity index (χ1) is 15.1. The number of aromatic nitrogens is 3. The van der Waals surface area contributed by atoms with Crippen LogP contribution in [0.4, 0.5) is 0 Å². The summed E-state index contributed by atoms with van der Waals surface area (Å²) in [7, 11) is 0. The van der Waals surface area contributed by atoms with Crippen LogP contribution in [0, 0.1) is 0 Å². The van der Waals surface area contributed by atoms with Crippen molar-refractivity contribution in [2.24, 2.45) is 0 Å². The molecule has 0 spiro atoms. The Kier molecular flexibility index (Phi) is 5.48. The normalized spacial score (nSPS) is 17.1. The Balaban J connectivity index is 1.38. The number of rotatable bonds is 7. The molecule has 3 heterocycles. The van der Waals surface area contributed by atoms with Crippen LogP contribution >= 0.6 is 0 Å². The average Bonchev–Trinajstić information content (AvgIpc) is 3.08. The summed E-state index contributed by atoms with van der Waals surface area (Å²) in [5.41, 5.74) is 0.576. The molecule has 1 aromatic heterocycles. The third kappa shape index (κ3) is 4.50. The standard InChI is InChI=1S/C18H20BN4O9/c24-14(5-11-6-23(21-20-11)9-15(25)26)22-7-12(8-22)31-13-2-1-10-3-4-19(29,30)32-17(10)16(13)18(27)28/h1-2,6,12,29-30H,3-5,7-9H2,(H,25,26)(H,27,28)/q-1. The lowest BCUT2D eigenvalue weighted by atomic mass is 9.70. The lowest BCUT2D eigenvalue weighted by Gasteiger charge is -2.40. The van der Waals surface area contributed by atoms with E-state index in [9.17, 15) is 29.5 Å². The molecular formula is C18H20BN4O9-. The number of hydrogen-bond acceptors (Lipinski definition) is 9. The number of nitrogens with zero attached hydrogens (tertiary/aromatic N) is 4. The Bertz CT molecular complexity index is 1080. The molecule has 4 N–H and O–H groups in total. The van der Waals surface area contributed by atoms with Gasteiger partial charge in [0.05, 0.1) is 31.0 Å². The maximum absolute atomic E-state index is 12.4. The van der Waals surface area contributed by atoms with Gasteiger partial charge in [0.2, 0.25) is 5.91 Å². The van der Waals surface area contributed by atoms with Crippen LogP contribution in [-0.2, 0) is 29.0 Å². The Morgan fingerprint density at radius 1 is 1.22 bits per heavy atom. The fraction of sp³-hybridized carbons (Fsp3) is 0.389. The molecule has 1 aromatic carbocycles. The van der Waals surface area contributed by atoms with Gasteiger partial charge in [-0.15, -0.1) is 5.10 Å². The lowest BCUT2D eigenvalue weighted by Crippen LogP contribution is -2.56. The number of carbonyl (C=O) groups is 3. The van der Waals surface area contributed by atoms with Gasteiger partial charge in [-0.3, -0.25) is 9.59 Å². The number of benzene rings is 1. The van der Waals surface area contributed by atoms with Crippen LogP contribution in [-0.4, -0.2) is 83.9 Å². The third-order valence-electron chi connectivity index (χ3n) is 5.22. The molecule has 2 aromatic rings. The molecule has 0 atom stereocenters. The van der Waals surface area contributed by atoms with E-state index in [1.165, 1.54) is 17.2 Å². The van der Waals surface area contributed by atoms with E-state index in [0.29, 0.717) is 11.3 Å². The quantitative estimate of drug-likeness (QED) is 0.372. The zero-order valence-electron chi connectivity index (χ0n) is 16.7. The summed E-state index contributed by atoms with van der Waals surface area (Å²) in [5.74, 6) is -2.77. The van der Waals surface area contributed by atoms with Crippen LogP contribution in [0.15, 0.2) is 18.3 Å². The van der Waals surface area contributed by atoms with E-state index in [2.05, 4.69) is 10.3 Å².